The summed E-state index contributed by atoms with van der Waals surface area (Å²) in [5, 5.41) is 6.93. The second-order valence-electron chi connectivity index (χ2n) is 7.15. The first-order valence-corrected chi connectivity index (χ1v) is 9.59. The third kappa shape index (κ3) is 6.94. The van der Waals surface area contributed by atoms with Gasteiger partial charge in [0, 0.05) is 23.5 Å². The Morgan fingerprint density at radius 2 is 1.24 bits per heavy atom. The molecule has 2 aromatic carbocycles. The van der Waals surface area contributed by atoms with E-state index in [1.54, 1.807) is 14.2 Å². The highest BCUT2D eigenvalue weighted by molar-refractivity contribution is 5.62. The molecule has 0 bridgehead atoms. The van der Waals surface area contributed by atoms with Crippen molar-refractivity contribution in [2.45, 2.75) is 6.92 Å². The largest absolute Gasteiger partial charge is 0.495 e. The number of likely N-dealkylation sites (N-methyl/N-ethyl adjacent to an activating group) is 1. The smallest absolute Gasteiger partial charge is 0.143 e. The third-order valence-corrected chi connectivity index (χ3v) is 5.19. The maximum absolute atomic E-state index is 5.87. The van der Waals surface area contributed by atoms with Gasteiger partial charge in [0.25, 0.3) is 0 Å². The molecule has 7 heteroatoms. The summed E-state index contributed by atoms with van der Waals surface area (Å²) in [6.45, 7) is 7.03. The van der Waals surface area contributed by atoms with E-state index >= 15 is 0 Å². The number of benzene rings is 2. The van der Waals surface area contributed by atoms with E-state index in [4.69, 9.17) is 20.9 Å². The number of nitrogens with two attached hydrogens (primary N) is 2. The number of anilines is 4. The summed E-state index contributed by atoms with van der Waals surface area (Å²) in [6.07, 6.45) is 0. The first-order valence-electron chi connectivity index (χ1n) is 9.59. The van der Waals surface area contributed by atoms with E-state index in [2.05, 4.69) is 24.6 Å². The molecule has 0 heterocycles. The van der Waals surface area contributed by atoms with Gasteiger partial charge in [-0.05, 0) is 31.2 Å². The average Bonchev–Trinajstić information content (AvgIpc) is 2.70. The van der Waals surface area contributed by atoms with Crippen molar-refractivity contribution in [2.75, 3.05) is 76.1 Å². The standard InChI is InChI=1S/C21H34N5O2.CH3/c1-5-26(2,12-10-24-16-6-8-18(22)20(14-16)27-3)13-11-25-17-7-9-19(23)21(15-17)28-4;/h6-9,14-15,24-25H,5,10-13,22-23H2,1-4H3;1H3/q+1;-1. The van der Waals surface area contributed by atoms with E-state index in [0.29, 0.717) is 22.9 Å². The second kappa shape index (κ2) is 11.3. The van der Waals surface area contributed by atoms with E-state index < -0.39 is 0 Å². The van der Waals surface area contributed by atoms with Crippen LogP contribution in [0, 0.1) is 7.43 Å². The van der Waals surface area contributed by atoms with Crippen molar-refractivity contribution in [1.29, 1.82) is 0 Å². The lowest BCUT2D eigenvalue weighted by Crippen LogP contribution is -2.49. The van der Waals surface area contributed by atoms with Gasteiger partial charge in [-0.25, -0.2) is 0 Å². The van der Waals surface area contributed by atoms with Gasteiger partial charge < -0.3 is 43.5 Å². The van der Waals surface area contributed by atoms with Crippen molar-refractivity contribution in [2.24, 2.45) is 0 Å². The molecule has 2 rings (SSSR count). The number of quaternary nitrogens is 1. The molecule has 2 aromatic rings. The summed E-state index contributed by atoms with van der Waals surface area (Å²) in [6, 6.07) is 11.5. The lowest BCUT2D eigenvalue weighted by atomic mass is 10.2. The molecular weight excluding hydrogens is 366 g/mol. The van der Waals surface area contributed by atoms with Crippen LogP contribution in [0.15, 0.2) is 36.4 Å². The maximum atomic E-state index is 5.87. The summed E-state index contributed by atoms with van der Waals surface area (Å²) in [4.78, 5) is 0. The Bertz CT molecular complexity index is 707. The van der Waals surface area contributed by atoms with Crippen LogP contribution in [0.1, 0.15) is 6.92 Å². The summed E-state index contributed by atoms with van der Waals surface area (Å²) < 4.78 is 11.5. The topological polar surface area (TPSA) is 94.6 Å². The summed E-state index contributed by atoms with van der Waals surface area (Å²) in [7, 11) is 5.53. The maximum Gasteiger partial charge on any atom is 0.143 e. The van der Waals surface area contributed by atoms with Crippen molar-refractivity contribution >= 4 is 22.7 Å². The SMILES string of the molecule is CC[N+](C)(CCNc1ccc(N)c(OC)c1)CCNc1ccc(N)c(OC)c1.[CH3-]. The molecule has 0 saturated carbocycles. The molecule has 0 aliphatic rings. The van der Waals surface area contributed by atoms with Crippen LogP contribution in [-0.2, 0) is 0 Å². The summed E-state index contributed by atoms with van der Waals surface area (Å²) >= 11 is 0. The average molecular weight is 404 g/mol. The van der Waals surface area contributed by atoms with Crippen LogP contribution in [-0.4, -0.2) is 58.5 Å². The highest BCUT2D eigenvalue weighted by atomic mass is 16.5. The zero-order valence-corrected chi connectivity index (χ0v) is 18.4. The Hall–Kier alpha value is -2.80. The molecule has 6 N–H and O–H groups in total. The molecule has 0 saturated heterocycles. The Labute approximate surface area is 175 Å². The predicted molar refractivity (Wildman–Crippen MR) is 125 cm³/mol. The zero-order chi connectivity index (χ0) is 20.6. The normalized spacial score (nSPS) is 10.8. The van der Waals surface area contributed by atoms with E-state index in [0.717, 1.165) is 48.6 Å². The van der Waals surface area contributed by atoms with E-state index in [1.165, 1.54) is 0 Å². The van der Waals surface area contributed by atoms with Gasteiger partial charge in [-0.1, -0.05) is 0 Å². The predicted octanol–water partition coefficient (Wildman–Crippen LogP) is 3.31. The van der Waals surface area contributed by atoms with Crippen molar-refractivity contribution < 1.29 is 14.0 Å². The van der Waals surface area contributed by atoms with Crippen LogP contribution < -0.4 is 31.6 Å². The number of nitrogens with one attached hydrogen (secondary N) is 2. The van der Waals surface area contributed by atoms with Crippen LogP contribution in [0.5, 0.6) is 11.5 Å². The molecule has 0 unspecified atom stereocenters. The van der Waals surface area contributed by atoms with Gasteiger partial charge in [0.1, 0.15) is 11.5 Å². The fourth-order valence-electron chi connectivity index (χ4n) is 3.01. The first-order chi connectivity index (χ1) is 13.4. The van der Waals surface area contributed by atoms with Gasteiger partial charge in [-0.15, -0.1) is 0 Å². The molecule has 0 radical (unpaired) electrons. The Kier molecular flexibility index (Phi) is 9.41. The lowest BCUT2D eigenvalue weighted by Gasteiger charge is -2.34. The van der Waals surface area contributed by atoms with E-state index in [1.807, 2.05) is 36.4 Å². The fourth-order valence-corrected chi connectivity index (χ4v) is 3.01. The fraction of sp³-hybridized carbons (Fsp3) is 0.409. The highest BCUT2D eigenvalue weighted by Crippen LogP contribution is 2.25. The van der Waals surface area contributed by atoms with Crippen molar-refractivity contribution in [1.82, 2.24) is 0 Å². The lowest BCUT2D eigenvalue weighted by molar-refractivity contribution is -0.904. The Balaban J connectivity index is 0.00000420. The highest BCUT2D eigenvalue weighted by Gasteiger charge is 2.18. The molecule has 162 valence electrons. The van der Waals surface area contributed by atoms with E-state index in [-0.39, 0.29) is 7.43 Å². The van der Waals surface area contributed by atoms with Gasteiger partial charge in [-0.3, -0.25) is 0 Å². The first kappa shape index (κ1) is 24.2. The Morgan fingerprint density at radius 1 is 0.828 bits per heavy atom. The minimum Gasteiger partial charge on any atom is -0.495 e. The van der Waals surface area contributed by atoms with Crippen molar-refractivity contribution in [3.05, 3.63) is 43.8 Å². The number of rotatable bonds is 11. The molecular formula is C22H37N5O2. The molecule has 0 aromatic heterocycles. The molecule has 0 spiro atoms. The van der Waals surface area contributed by atoms with Crippen LogP contribution in [0.2, 0.25) is 0 Å². The number of hydrogen-bond acceptors (Lipinski definition) is 6. The summed E-state index contributed by atoms with van der Waals surface area (Å²) in [5.74, 6) is 1.39. The van der Waals surface area contributed by atoms with Crippen molar-refractivity contribution in [3.8, 4) is 11.5 Å². The number of ether oxygens (including phenoxy) is 2. The molecule has 0 amide bonds. The Morgan fingerprint density at radius 3 is 1.59 bits per heavy atom. The molecule has 0 aliphatic heterocycles. The number of hydrogen-bond donors (Lipinski definition) is 4. The van der Waals surface area contributed by atoms with Crippen LogP contribution in [0.4, 0.5) is 22.7 Å². The zero-order valence-electron chi connectivity index (χ0n) is 18.4. The second-order valence-corrected chi connectivity index (χ2v) is 7.15. The molecule has 7 nitrogen and oxygen atoms in total. The molecule has 29 heavy (non-hydrogen) atoms. The number of nitrogens with zero attached hydrogens (tertiary/aromatic N) is 1. The van der Waals surface area contributed by atoms with Crippen LogP contribution >= 0.6 is 0 Å². The number of methoxy groups -OCH3 is 2. The minimum absolute atomic E-state index is 0. The molecule has 0 aliphatic carbocycles. The molecule has 0 fully saturated rings. The van der Waals surface area contributed by atoms with Gasteiger partial charge in [0.05, 0.1) is 65.4 Å². The summed E-state index contributed by atoms with van der Waals surface area (Å²) in [5.41, 5.74) is 15.1. The van der Waals surface area contributed by atoms with Gasteiger partial charge in [0.15, 0.2) is 0 Å². The quantitative estimate of drug-likeness (QED) is 0.261. The van der Waals surface area contributed by atoms with Gasteiger partial charge in [-0.2, -0.15) is 0 Å². The van der Waals surface area contributed by atoms with Crippen molar-refractivity contribution in [3.63, 3.8) is 0 Å². The van der Waals surface area contributed by atoms with Crippen LogP contribution in [0.25, 0.3) is 0 Å². The third-order valence-electron chi connectivity index (χ3n) is 5.19. The van der Waals surface area contributed by atoms with Gasteiger partial charge >= 0.3 is 0 Å². The molecule has 0 atom stereocenters. The van der Waals surface area contributed by atoms with Gasteiger partial charge in [0.2, 0.25) is 0 Å². The van der Waals surface area contributed by atoms with Crippen LogP contribution in [0.3, 0.4) is 0 Å². The monoisotopic (exact) mass is 403 g/mol. The number of nitrogen functional groups attached to an aromatic ring is 2. The minimum atomic E-state index is 0. The van der Waals surface area contributed by atoms with E-state index in [9.17, 15) is 0 Å².